The maximum atomic E-state index is 5.89. The Hall–Kier alpha value is -1.69. The SMILES string of the molecule is Clc1ccc(Sc2oc(/C=N/OCc3ccccc3)cc2Br)cc1. The molecule has 0 N–H and O–H groups in total. The average molecular weight is 423 g/mol. The van der Waals surface area contributed by atoms with Crippen LogP contribution in [-0.4, -0.2) is 6.21 Å². The van der Waals surface area contributed by atoms with Crippen LogP contribution >= 0.6 is 39.3 Å². The summed E-state index contributed by atoms with van der Waals surface area (Å²) >= 11 is 10.9. The van der Waals surface area contributed by atoms with Crippen molar-refractivity contribution in [2.45, 2.75) is 16.6 Å². The van der Waals surface area contributed by atoms with Crippen LogP contribution in [0.3, 0.4) is 0 Å². The zero-order valence-electron chi connectivity index (χ0n) is 12.5. The first-order chi connectivity index (χ1) is 11.7. The van der Waals surface area contributed by atoms with Gasteiger partial charge >= 0.3 is 0 Å². The summed E-state index contributed by atoms with van der Waals surface area (Å²) in [5.41, 5.74) is 1.06. The first-order valence-electron chi connectivity index (χ1n) is 7.13. The van der Waals surface area contributed by atoms with E-state index >= 15 is 0 Å². The second-order valence-electron chi connectivity index (χ2n) is 4.83. The quantitative estimate of drug-likeness (QED) is 0.340. The van der Waals surface area contributed by atoms with Crippen molar-refractivity contribution >= 4 is 45.5 Å². The van der Waals surface area contributed by atoms with E-state index in [0.29, 0.717) is 17.4 Å². The van der Waals surface area contributed by atoms with E-state index in [9.17, 15) is 0 Å². The Bertz CT molecular complexity index is 819. The molecule has 0 saturated heterocycles. The molecular weight excluding hydrogens is 410 g/mol. The van der Waals surface area contributed by atoms with Gasteiger partial charge in [-0.2, -0.15) is 0 Å². The molecule has 0 aliphatic heterocycles. The van der Waals surface area contributed by atoms with Crippen LogP contribution < -0.4 is 0 Å². The number of hydrogen-bond donors (Lipinski definition) is 0. The Morgan fingerprint density at radius 2 is 1.88 bits per heavy atom. The summed E-state index contributed by atoms with van der Waals surface area (Å²) < 4.78 is 6.62. The molecule has 0 spiro atoms. The van der Waals surface area contributed by atoms with Crippen LogP contribution in [0.1, 0.15) is 11.3 Å². The molecule has 0 bridgehead atoms. The van der Waals surface area contributed by atoms with Gasteiger partial charge in [0.05, 0.1) is 4.47 Å². The molecule has 3 rings (SSSR count). The maximum Gasteiger partial charge on any atom is 0.180 e. The summed E-state index contributed by atoms with van der Waals surface area (Å²) in [6.07, 6.45) is 1.56. The average Bonchev–Trinajstić information content (AvgIpc) is 2.94. The molecule has 2 aromatic carbocycles. The van der Waals surface area contributed by atoms with Crippen LogP contribution in [0.2, 0.25) is 5.02 Å². The highest BCUT2D eigenvalue weighted by atomic mass is 79.9. The Morgan fingerprint density at radius 1 is 1.12 bits per heavy atom. The van der Waals surface area contributed by atoms with Crippen molar-refractivity contribution < 1.29 is 9.25 Å². The summed E-state index contributed by atoms with van der Waals surface area (Å²) in [7, 11) is 0. The molecule has 0 aliphatic carbocycles. The van der Waals surface area contributed by atoms with E-state index in [4.69, 9.17) is 20.9 Å². The Kier molecular flexibility index (Phi) is 6.01. The van der Waals surface area contributed by atoms with Gasteiger partial charge in [-0.25, -0.2) is 0 Å². The van der Waals surface area contributed by atoms with Gasteiger partial charge in [-0.15, -0.1) is 0 Å². The molecule has 0 unspecified atom stereocenters. The van der Waals surface area contributed by atoms with Gasteiger partial charge in [-0.3, -0.25) is 0 Å². The topological polar surface area (TPSA) is 34.7 Å². The van der Waals surface area contributed by atoms with Crippen molar-refractivity contribution in [3.05, 3.63) is 81.5 Å². The van der Waals surface area contributed by atoms with Crippen LogP contribution in [0.25, 0.3) is 0 Å². The van der Waals surface area contributed by atoms with E-state index in [1.165, 1.54) is 11.8 Å². The lowest BCUT2D eigenvalue weighted by Gasteiger charge is -1.99. The summed E-state index contributed by atoms with van der Waals surface area (Å²) in [4.78, 5) is 6.32. The number of nitrogens with zero attached hydrogens (tertiary/aromatic N) is 1. The molecule has 6 heteroatoms. The maximum absolute atomic E-state index is 5.89. The van der Waals surface area contributed by atoms with Gasteiger partial charge in [-0.1, -0.05) is 58.9 Å². The Balaban J connectivity index is 1.59. The van der Waals surface area contributed by atoms with Gasteiger partial charge in [0.1, 0.15) is 12.8 Å². The van der Waals surface area contributed by atoms with Crippen LogP contribution in [0.15, 0.2) is 84.7 Å². The minimum atomic E-state index is 0.422. The summed E-state index contributed by atoms with van der Waals surface area (Å²) in [5.74, 6) is 0.617. The molecule has 3 nitrogen and oxygen atoms in total. The van der Waals surface area contributed by atoms with Gasteiger partial charge in [0, 0.05) is 16.0 Å². The first-order valence-corrected chi connectivity index (χ1v) is 9.11. The van der Waals surface area contributed by atoms with Gasteiger partial charge in [0.15, 0.2) is 10.9 Å². The molecule has 122 valence electrons. The second-order valence-corrected chi connectivity index (χ2v) is 7.17. The lowest BCUT2D eigenvalue weighted by Crippen LogP contribution is -1.86. The normalized spacial score (nSPS) is 11.1. The van der Waals surface area contributed by atoms with Gasteiger partial charge in [0.2, 0.25) is 0 Å². The fourth-order valence-corrected chi connectivity index (χ4v) is 3.34. The monoisotopic (exact) mass is 421 g/mol. The molecule has 0 atom stereocenters. The molecule has 0 radical (unpaired) electrons. The van der Waals surface area contributed by atoms with E-state index in [0.717, 1.165) is 20.0 Å². The third kappa shape index (κ3) is 4.90. The number of halogens is 2. The van der Waals surface area contributed by atoms with Crippen molar-refractivity contribution in [1.82, 2.24) is 0 Å². The van der Waals surface area contributed by atoms with E-state index in [1.54, 1.807) is 6.21 Å². The van der Waals surface area contributed by atoms with Crippen molar-refractivity contribution in [1.29, 1.82) is 0 Å². The van der Waals surface area contributed by atoms with Crippen molar-refractivity contribution in [3.8, 4) is 0 Å². The zero-order valence-corrected chi connectivity index (χ0v) is 15.6. The van der Waals surface area contributed by atoms with Crippen LogP contribution in [-0.2, 0) is 11.4 Å². The van der Waals surface area contributed by atoms with Gasteiger partial charge < -0.3 is 9.25 Å². The minimum absolute atomic E-state index is 0.422. The first kappa shape index (κ1) is 17.1. The lowest BCUT2D eigenvalue weighted by molar-refractivity contribution is 0.131. The van der Waals surface area contributed by atoms with E-state index in [-0.39, 0.29) is 0 Å². The molecule has 0 saturated carbocycles. The summed E-state index contributed by atoms with van der Waals surface area (Å²) in [6.45, 7) is 0.422. The Morgan fingerprint density at radius 3 is 2.62 bits per heavy atom. The van der Waals surface area contributed by atoms with Crippen LogP contribution in [0.5, 0.6) is 0 Å². The molecular formula is C18H13BrClNO2S. The highest BCUT2D eigenvalue weighted by Crippen LogP contribution is 2.35. The second kappa shape index (κ2) is 8.42. The number of oxime groups is 1. The summed E-state index contributed by atoms with van der Waals surface area (Å²) in [5, 5.41) is 5.40. The fourth-order valence-electron chi connectivity index (χ4n) is 1.89. The smallest absolute Gasteiger partial charge is 0.180 e. The number of rotatable bonds is 6. The standard InChI is InChI=1S/C18H13BrClNO2S/c19-17-10-15(11-21-22-12-13-4-2-1-3-5-13)23-18(17)24-16-8-6-14(20)7-9-16/h1-11H,12H2/b21-11+. The van der Waals surface area contributed by atoms with E-state index in [2.05, 4.69) is 21.1 Å². The molecule has 1 heterocycles. The molecule has 3 aromatic rings. The third-order valence-electron chi connectivity index (χ3n) is 3.03. The van der Waals surface area contributed by atoms with Gasteiger partial charge in [0.25, 0.3) is 0 Å². The molecule has 0 aliphatic rings. The van der Waals surface area contributed by atoms with Crippen molar-refractivity contribution in [2.24, 2.45) is 5.16 Å². The predicted octanol–water partition coefficient (Wildman–Crippen LogP) is 6.40. The van der Waals surface area contributed by atoms with Crippen LogP contribution in [0, 0.1) is 0 Å². The molecule has 24 heavy (non-hydrogen) atoms. The number of benzene rings is 2. The van der Waals surface area contributed by atoms with E-state index in [1.807, 2.05) is 60.7 Å². The number of furan rings is 1. The zero-order chi connectivity index (χ0) is 16.8. The lowest BCUT2D eigenvalue weighted by atomic mass is 10.2. The summed E-state index contributed by atoms with van der Waals surface area (Å²) in [6, 6.07) is 19.3. The predicted molar refractivity (Wildman–Crippen MR) is 101 cm³/mol. The van der Waals surface area contributed by atoms with E-state index < -0.39 is 0 Å². The Labute approximate surface area is 157 Å². The molecule has 1 aromatic heterocycles. The fraction of sp³-hybridized carbons (Fsp3) is 0.0556. The third-order valence-corrected chi connectivity index (χ3v) is 5.13. The molecule has 0 amide bonds. The van der Waals surface area contributed by atoms with Gasteiger partial charge in [-0.05, 0) is 45.8 Å². The van der Waals surface area contributed by atoms with Crippen molar-refractivity contribution in [2.75, 3.05) is 0 Å². The highest BCUT2D eigenvalue weighted by Gasteiger charge is 2.09. The molecule has 0 fully saturated rings. The minimum Gasteiger partial charge on any atom is -0.447 e. The van der Waals surface area contributed by atoms with Crippen molar-refractivity contribution in [3.63, 3.8) is 0 Å². The number of hydrogen-bond acceptors (Lipinski definition) is 4. The largest absolute Gasteiger partial charge is 0.447 e. The highest BCUT2D eigenvalue weighted by molar-refractivity contribution is 9.10. The van der Waals surface area contributed by atoms with Crippen LogP contribution in [0.4, 0.5) is 0 Å².